The first-order valence-corrected chi connectivity index (χ1v) is 7.12. The Morgan fingerprint density at radius 3 is 2.48 bits per heavy atom. The van der Waals surface area contributed by atoms with Crippen LogP contribution in [0.3, 0.4) is 0 Å². The van der Waals surface area contributed by atoms with Crippen LogP contribution < -0.4 is 4.74 Å². The summed E-state index contributed by atoms with van der Waals surface area (Å²) in [4.78, 5) is 25.0. The van der Waals surface area contributed by atoms with Crippen molar-refractivity contribution >= 4 is 11.9 Å². The van der Waals surface area contributed by atoms with Crippen LogP contribution in [-0.4, -0.2) is 41.6 Å². The fraction of sp³-hybridized carbons (Fsp3) is 0.500. The van der Waals surface area contributed by atoms with Crippen molar-refractivity contribution < 1.29 is 19.4 Å². The van der Waals surface area contributed by atoms with Gasteiger partial charge in [-0.15, -0.1) is 0 Å². The van der Waals surface area contributed by atoms with Crippen LogP contribution in [0.15, 0.2) is 24.3 Å². The molecule has 0 radical (unpaired) electrons. The van der Waals surface area contributed by atoms with Gasteiger partial charge >= 0.3 is 5.97 Å². The van der Waals surface area contributed by atoms with Crippen molar-refractivity contribution in [2.75, 3.05) is 19.7 Å². The minimum absolute atomic E-state index is 0.00532. The molecule has 1 aromatic rings. The van der Waals surface area contributed by atoms with Crippen molar-refractivity contribution in [1.82, 2.24) is 4.90 Å². The number of amides is 1. The first-order valence-electron chi connectivity index (χ1n) is 7.12. The Labute approximate surface area is 124 Å². The fourth-order valence-corrected chi connectivity index (χ4v) is 2.41. The van der Waals surface area contributed by atoms with E-state index in [0.717, 1.165) is 5.56 Å². The van der Waals surface area contributed by atoms with Gasteiger partial charge in [0, 0.05) is 13.1 Å². The van der Waals surface area contributed by atoms with Crippen LogP contribution in [0.1, 0.15) is 25.3 Å². The number of para-hydroxylation sites is 1. The van der Waals surface area contributed by atoms with Crippen LogP contribution in [0.2, 0.25) is 0 Å². The molecule has 5 nitrogen and oxygen atoms in total. The van der Waals surface area contributed by atoms with Crippen LogP contribution in [0.25, 0.3) is 0 Å². The number of likely N-dealkylation sites (tertiary alicyclic amines) is 1. The molecule has 5 heteroatoms. The highest BCUT2D eigenvalue weighted by Gasteiger charge is 2.37. The smallest absolute Gasteiger partial charge is 0.309 e. The van der Waals surface area contributed by atoms with Gasteiger partial charge in [0.15, 0.2) is 6.61 Å². The molecule has 0 bridgehead atoms. The predicted molar refractivity (Wildman–Crippen MR) is 78.2 cm³/mol. The Bertz CT molecular complexity index is 533. The van der Waals surface area contributed by atoms with Crippen LogP contribution in [0.5, 0.6) is 5.75 Å². The van der Waals surface area contributed by atoms with Gasteiger partial charge in [-0.2, -0.15) is 0 Å². The van der Waals surface area contributed by atoms with Crippen molar-refractivity contribution in [3.8, 4) is 5.75 Å². The molecule has 0 aromatic heterocycles. The molecular weight excluding hydrogens is 270 g/mol. The minimum atomic E-state index is -0.786. The predicted octanol–water partition coefficient (Wildman–Crippen LogP) is 2.09. The minimum Gasteiger partial charge on any atom is -0.484 e. The maximum absolute atomic E-state index is 12.1. The molecule has 0 unspecified atom stereocenters. The third kappa shape index (κ3) is 3.54. The van der Waals surface area contributed by atoms with E-state index in [1.807, 2.05) is 31.2 Å². The first-order chi connectivity index (χ1) is 9.92. The molecule has 1 aliphatic heterocycles. The zero-order valence-electron chi connectivity index (χ0n) is 12.5. The average Bonchev–Trinajstić information content (AvgIpc) is 2.46. The van der Waals surface area contributed by atoms with E-state index in [-0.39, 0.29) is 12.5 Å². The number of ether oxygens (including phenoxy) is 1. The van der Waals surface area contributed by atoms with Gasteiger partial charge in [-0.3, -0.25) is 9.59 Å². The van der Waals surface area contributed by atoms with Gasteiger partial charge in [0.05, 0.1) is 5.41 Å². The van der Waals surface area contributed by atoms with Gasteiger partial charge in [-0.05, 0) is 38.3 Å². The lowest BCUT2D eigenvalue weighted by molar-refractivity contribution is -0.153. The largest absolute Gasteiger partial charge is 0.484 e. The van der Waals surface area contributed by atoms with Gasteiger partial charge in [0.1, 0.15) is 5.75 Å². The van der Waals surface area contributed by atoms with Crippen LogP contribution in [-0.2, 0) is 9.59 Å². The number of rotatable bonds is 4. The van der Waals surface area contributed by atoms with Crippen molar-refractivity contribution in [1.29, 1.82) is 0 Å². The normalized spacial score (nSPS) is 17.3. The summed E-state index contributed by atoms with van der Waals surface area (Å²) >= 11 is 0. The summed E-state index contributed by atoms with van der Waals surface area (Å²) < 4.78 is 5.54. The quantitative estimate of drug-likeness (QED) is 0.922. The third-order valence-electron chi connectivity index (χ3n) is 4.18. The maximum Gasteiger partial charge on any atom is 0.309 e. The molecule has 1 N–H and O–H groups in total. The van der Waals surface area contributed by atoms with Gasteiger partial charge in [0.2, 0.25) is 0 Å². The monoisotopic (exact) mass is 291 g/mol. The van der Waals surface area contributed by atoms with E-state index in [4.69, 9.17) is 4.74 Å². The molecule has 1 saturated heterocycles. The molecule has 1 aliphatic rings. The van der Waals surface area contributed by atoms with E-state index in [9.17, 15) is 14.7 Å². The topological polar surface area (TPSA) is 66.8 Å². The molecule has 0 spiro atoms. The molecule has 1 fully saturated rings. The Hall–Kier alpha value is -2.04. The summed E-state index contributed by atoms with van der Waals surface area (Å²) in [6.07, 6.45) is 0.969. The number of carboxylic acids is 1. The molecule has 0 atom stereocenters. The maximum atomic E-state index is 12.1. The molecule has 1 heterocycles. The number of carbonyl (C=O) groups excluding carboxylic acids is 1. The van der Waals surface area contributed by atoms with E-state index in [0.29, 0.717) is 31.7 Å². The molecule has 0 saturated carbocycles. The van der Waals surface area contributed by atoms with Crippen LogP contribution in [0, 0.1) is 12.3 Å². The summed E-state index contributed by atoms with van der Waals surface area (Å²) in [5, 5.41) is 9.18. The van der Waals surface area contributed by atoms with E-state index in [1.165, 1.54) is 0 Å². The summed E-state index contributed by atoms with van der Waals surface area (Å²) in [5.74, 6) is -0.172. The second kappa shape index (κ2) is 6.16. The van der Waals surface area contributed by atoms with Crippen molar-refractivity contribution in [2.24, 2.45) is 5.41 Å². The molecule has 1 amide bonds. The highest BCUT2D eigenvalue weighted by Crippen LogP contribution is 2.31. The Morgan fingerprint density at radius 2 is 1.90 bits per heavy atom. The van der Waals surface area contributed by atoms with Gasteiger partial charge < -0.3 is 14.7 Å². The molecule has 2 rings (SSSR count). The molecular formula is C16H21NO4. The van der Waals surface area contributed by atoms with Gasteiger partial charge in [-0.25, -0.2) is 0 Å². The van der Waals surface area contributed by atoms with Crippen LogP contribution >= 0.6 is 0 Å². The Morgan fingerprint density at radius 1 is 1.29 bits per heavy atom. The van der Waals surface area contributed by atoms with E-state index < -0.39 is 11.4 Å². The van der Waals surface area contributed by atoms with Crippen molar-refractivity contribution in [2.45, 2.75) is 26.7 Å². The molecule has 1 aromatic carbocycles. The standard InChI is InChI=1S/C16H21NO4/c1-12-5-3-4-6-13(12)21-11-14(18)17-9-7-16(2,8-10-17)15(19)20/h3-6H,7-11H2,1-2H3,(H,19,20). The Kier molecular flexibility index (Phi) is 4.50. The summed E-state index contributed by atoms with van der Waals surface area (Å²) in [6.45, 7) is 4.60. The summed E-state index contributed by atoms with van der Waals surface area (Å²) in [5.41, 5.74) is 0.274. The number of hydrogen-bond acceptors (Lipinski definition) is 3. The SMILES string of the molecule is Cc1ccccc1OCC(=O)N1CCC(C)(C(=O)O)CC1. The summed E-state index contributed by atoms with van der Waals surface area (Å²) in [7, 11) is 0. The highest BCUT2D eigenvalue weighted by molar-refractivity contribution is 5.79. The zero-order chi connectivity index (χ0) is 15.5. The fourth-order valence-electron chi connectivity index (χ4n) is 2.41. The Balaban J connectivity index is 1.86. The molecule has 114 valence electrons. The van der Waals surface area contributed by atoms with Gasteiger partial charge in [-0.1, -0.05) is 18.2 Å². The third-order valence-corrected chi connectivity index (χ3v) is 4.18. The number of carboxylic acid groups (broad SMARTS) is 1. The van der Waals surface area contributed by atoms with Crippen molar-refractivity contribution in [3.05, 3.63) is 29.8 Å². The van der Waals surface area contributed by atoms with E-state index in [1.54, 1.807) is 11.8 Å². The molecule has 21 heavy (non-hydrogen) atoms. The van der Waals surface area contributed by atoms with Crippen molar-refractivity contribution in [3.63, 3.8) is 0 Å². The second-order valence-corrected chi connectivity index (χ2v) is 5.80. The average molecular weight is 291 g/mol. The van der Waals surface area contributed by atoms with E-state index >= 15 is 0 Å². The number of aliphatic carboxylic acids is 1. The number of carbonyl (C=O) groups is 2. The lowest BCUT2D eigenvalue weighted by atomic mass is 9.80. The lowest BCUT2D eigenvalue weighted by Crippen LogP contribution is -2.46. The van der Waals surface area contributed by atoms with Gasteiger partial charge in [0.25, 0.3) is 5.91 Å². The van der Waals surface area contributed by atoms with E-state index in [2.05, 4.69) is 0 Å². The first kappa shape index (κ1) is 15.4. The summed E-state index contributed by atoms with van der Waals surface area (Å²) in [6, 6.07) is 7.55. The lowest BCUT2D eigenvalue weighted by Gasteiger charge is -2.36. The zero-order valence-corrected chi connectivity index (χ0v) is 12.5. The molecule has 0 aliphatic carbocycles. The second-order valence-electron chi connectivity index (χ2n) is 5.80. The number of nitrogens with zero attached hydrogens (tertiary/aromatic N) is 1. The highest BCUT2D eigenvalue weighted by atomic mass is 16.5. The number of aryl methyl sites for hydroxylation is 1. The number of piperidine rings is 1. The van der Waals surface area contributed by atoms with Crippen LogP contribution in [0.4, 0.5) is 0 Å². The number of hydrogen-bond donors (Lipinski definition) is 1. The number of benzene rings is 1.